The van der Waals surface area contributed by atoms with Gasteiger partial charge in [0.25, 0.3) is 12.3 Å². The molecule has 2 aromatic rings. The summed E-state index contributed by atoms with van der Waals surface area (Å²) in [6.45, 7) is 7.94. The maximum atomic E-state index is 13.1. The second-order valence-corrected chi connectivity index (χ2v) is 8.66. The van der Waals surface area contributed by atoms with E-state index in [4.69, 9.17) is 0 Å². The van der Waals surface area contributed by atoms with Gasteiger partial charge in [0.2, 0.25) is 0 Å². The maximum absolute atomic E-state index is 13.1. The molecule has 1 saturated heterocycles. The predicted octanol–water partition coefficient (Wildman–Crippen LogP) is 4.55. The molecule has 4 nitrogen and oxygen atoms in total. The number of likely N-dealkylation sites (tertiary alicyclic amines) is 1. The molecule has 0 radical (unpaired) electrons. The Morgan fingerprint density at radius 1 is 1.21 bits per heavy atom. The van der Waals surface area contributed by atoms with Crippen molar-refractivity contribution in [1.29, 1.82) is 0 Å². The van der Waals surface area contributed by atoms with Crippen molar-refractivity contribution < 1.29 is 13.6 Å². The number of alkyl halides is 2. The monoisotopic (exact) mass is 403 g/mol. The van der Waals surface area contributed by atoms with E-state index in [1.165, 1.54) is 5.69 Å². The van der Waals surface area contributed by atoms with Crippen molar-refractivity contribution in [3.05, 3.63) is 35.0 Å². The number of halogens is 2. The van der Waals surface area contributed by atoms with Gasteiger partial charge in [-0.05, 0) is 48.9 Å². The Kier molecular flexibility index (Phi) is 5.91. The molecule has 158 valence electrons. The van der Waals surface area contributed by atoms with Crippen LogP contribution in [0.2, 0.25) is 0 Å². The Labute approximate surface area is 171 Å². The lowest BCUT2D eigenvalue weighted by atomic mass is 9.98. The summed E-state index contributed by atoms with van der Waals surface area (Å²) in [6, 6.07) is 6.00. The maximum Gasteiger partial charge on any atom is 0.253 e. The number of carbonyl (C=O) groups excluding carboxylic acids is 1. The summed E-state index contributed by atoms with van der Waals surface area (Å²) in [6.07, 6.45) is 1.59. The highest BCUT2D eigenvalue weighted by Gasteiger charge is 2.27. The van der Waals surface area contributed by atoms with E-state index in [1.807, 2.05) is 21.9 Å². The van der Waals surface area contributed by atoms with Crippen LogP contribution in [0.4, 0.5) is 8.78 Å². The minimum Gasteiger partial charge on any atom is -0.344 e. The molecule has 1 fully saturated rings. The number of carbonyl (C=O) groups is 1. The van der Waals surface area contributed by atoms with Crippen molar-refractivity contribution in [2.45, 2.75) is 59.0 Å². The van der Waals surface area contributed by atoms with Gasteiger partial charge in [0.1, 0.15) is 0 Å². The molecule has 6 heteroatoms. The Morgan fingerprint density at radius 2 is 1.97 bits per heavy atom. The molecule has 0 N–H and O–H groups in total. The van der Waals surface area contributed by atoms with Gasteiger partial charge in [-0.3, -0.25) is 9.69 Å². The Balaban J connectivity index is 1.69. The topological polar surface area (TPSA) is 28.5 Å². The molecule has 0 saturated carbocycles. The fourth-order valence-corrected chi connectivity index (χ4v) is 4.86. The number of piperidine rings is 1. The molecule has 0 aliphatic carbocycles. The van der Waals surface area contributed by atoms with Crippen LogP contribution in [0.5, 0.6) is 0 Å². The van der Waals surface area contributed by atoms with E-state index >= 15 is 0 Å². The van der Waals surface area contributed by atoms with E-state index in [0.717, 1.165) is 67.3 Å². The molecule has 0 bridgehead atoms. The van der Waals surface area contributed by atoms with Crippen LogP contribution in [0.1, 0.15) is 54.7 Å². The van der Waals surface area contributed by atoms with E-state index in [2.05, 4.69) is 24.5 Å². The third-order valence-corrected chi connectivity index (χ3v) is 6.49. The molecular weight excluding hydrogens is 372 g/mol. The standard InChI is InChI=1S/C23H31F2N3O/c1-3-9-28-20-5-4-17(23(29)27-11-6-16(2)7-12-27)13-18(20)19-14-26(15-22(24)25)10-8-21(19)28/h4-5,13,16,22H,3,6-12,14-15H2,1-2H3. The zero-order valence-electron chi connectivity index (χ0n) is 17.5. The quantitative estimate of drug-likeness (QED) is 0.733. The van der Waals surface area contributed by atoms with Crippen LogP contribution in [0.3, 0.4) is 0 Å². The molecular formula is C23H31F2N3O. The summed E-state index contributed by atoms with van der Waals surface area (Å²) in [5, 5.41) is 1.06. The molecule has 29 heavy (non-hydrogen) atoms. The van der Waals surface area contributed by atoms with Gasteiger partial charge in [0.15, 0.2) is 0 Å². The lowest BCUT2D eigenvalue weighted by Gasteiger charge is -2.30. The average Bonchev–Trinajstić information content (AvgIpc) is 3.00. The fraction of sp³-hybridized carbons (Fsp3) is 0.609. The van der Waals surface area contributed by atoms with Crippen LogP contribution in [-0.4, -0.2) is 52.9 Å². The van der Waals surface area contributed by atoms with E-state index in [0.29, 0.717) is 19.0 Å². The van der Waals surface area contributed by atoms with Crippen LogP contribution in [-0.2, 0) is 19.5 Å². The van der Waals surface area contributed by atoms with Crippen LogP contribution in [0.25, 0.3) is 10.9 Å². The van der Waals surface area contributed by atoms with Gasteiger partial charge in [-0.25, -0.2) is 8.78 Å². The summed E-state index contributed by atoms with van der Waals surface area (Å²) in [4.78, 5) is 16.9. The van der Waals surface area contributed by atoms with Gasteiger partial charge in [0.05, 0.1) is 6.54 Å². The van der Waals surface area contributed by atoms with E-state index in [1.54, 1.807) is 0 Å². The van der Waals surface area contributed by atoms with Crippen molar-refractivity contribution in [2.75, 3.05) is 26.2 Å². The summed E-state index contributed by atoms with van der Waals surface area (Å²) >= 11 is 0. The third kappa shape index (κ3) is 4.04. The molecule has 1 aromatic carbocycles. The first-order chi connectivity index (χ1) is 14.0. The lowest BCUT2D eigenvalue weighted by Crippen LogP contribution is -2.37. The van der Waals surface area contributed by atoms with Gasteiger partial charge < -0.3 is 9.47 Å². The highest BCUT2D eigenvalue weighted by atomic mass is 19.3. The Bertz CT molecular complexity index is 884. The first-order valence-electron chi connectivity index (χ1n) is 10.9. The minimum atomic E-state index is -2.32. The number of hydrogen-bond acceptors (Lipinski definition) is 2. The van der Waals surface area contributed by atoms with E-state index in [9.17, 15) is 13.6 Å². The third-order valence-electron chi connectivity index (χ3n) is 6.49. The first kappa shape index (κ1) is 20.3. The summed E-state index contributed by atoms with van der Waals surface area (Å²) < 4.78 is 28.2. The molecule has 4 rings (SSSR count). The van der Waals surface area contributed by atoms with Gasteiger partial charge >= 0.3 is 0 Å². The van der Waals surface area contributed by atoms with E-state index in [-0.39, 0.29) is 12.5 Å². The second kappa shape index (κ2) is 8.42. The Hall–Kier alpha value is -1.95. The molecule has 1 aromatic heterocycles. The fourth-order valence-electron chi connectivity index (χ4n) is 4.86. The zero-order chi connectivity index (χ0) is 20.5. The number of fused-ring (bicyclic) bond motifs is 3. The van der Waals surface area contributed by atoms with Crippen molar-refractivity contribution in [1.82, 2.24) is 14.4 Å². The molecule has 2 aliphatic heterocycles. The van der Waals surface area contributed by atoms with Crippen LogP contribution >= 0.6 is 0 Å². The number of rotatable bonds is 5. The normalized spacial score (nSPS) is 18.6. The van der Waals surface area contributed by atoms with Crippen molar-refractivity contribution in [3.8, 4) is 0 Å². The summed E-state index contributed by atoms with van der Waals surface area (Å²) in [5.41, 5.74) is 4.22. The molecule has 0 atom stereocenters. The predicted molar refractivity (Wildman–Crippen MR) is 112 cm³/mol. The Morgan fingerprint density at radius 3 is 2.66 bits per heavy atom. The smallest absolute Gasteiger partial charge is 0.253 e. The number of amides is 1. The van der Waals surface area contributed by atoms with Crippen molar-refractivity contribution in [3.63, 3.8) is 0 Å². The van der Waals surface area contributed by atoms with Crippen LogP contribution in [0.15, 0.2) is 18.2 Å². The molecule has 3 heterocycles. The van der Waals surface area contributed by atoms with Gasteiger partial charge in [-0.2, -0.15) is 0 Å². The molecule has 0 spiro atoms. The SMILES string of the molecule is CCCn1c2c(c3cc(C(=O)N4CCC(C)CC4)ccc31)CN(CC(F)F)CC2. The summed E-state index contributed by atoms with van der Waals surface area (Å²) in [5.74, 6) is 0.772. The van der Waals surface area contributed by atoms with E-state index < -0.39 is 6.43 Å². The van der Waals surface area contributed by atoms with Gasteiger partial charge in [0, 0.05) is 61.3 Å². The lowest BCUT2D eigenvalue weighted by molar-refractivity contribution is 0.0697. The van der Waals surface area contributed by atoms with Crippen molar-refractivity contribution in [2.24, 2.45) is 5.92 Å². The number of nitrogens with zero attached hydrogens (tertiary/aromatic N) is 3. The van der Waals surface area contributed by atoms with Crippen LogP contribution in [0, 0.1) is 5.92 Å². The van der Waals surface area contributed by atoms with Gasteiger partial charge in [-0.15, -0.1) is 0 Å². The number of aryl methyl sites for hydroxylation is 1. The molecule has 0 unspecified atom stereocenters. The zero-order valence-corrected chi connectivity index (χ0v) is 17.5. The van der Waals surface area contributed by atoms with Crippen molar-refractivity contribution >= 4 is 16.8 Å². The summed E-state index contributed by atoms with van der Waals surface area (Å²) in [7, 11) is 0. The van der Waals surface area contributed by atoms with Crippen LogP contribution < -0.4 is 0 Å². The molecule has 2 aliphatic rings. The molecule has 1 amide bonds. The number of aromatic nitrogens is 1. The number of hydrogen-bond donors (Lipinski definition) is 0. The minimum absolute atomic E-state index is 0.0936. The highest BCUT2D eigenvalue weighted by Crippen LogP contribution is 2.33. The first-order valence-corrected chi connectivity index (χ1v) is 10.9. The highest BCUT2D eigenvalue weighted by molar-refractivity contribution is 5.99. The second-order valence-electron chi connectivity index (χ2n) is 8.66. The number of benzene rings is 1. The van der Waals surface area contributed by atoms with Gasteiger partial charge in [-0.1, -0.05) is 13.8 Å². The largest absolute Gasteiger partial charge is 0.344 e. The average molecular weight is 404 g/mol.